The first kappa shape index (κ1) is 33.0. The Kier molecular flexibility index (Phi) is 19.2. The Morgan fingerprint density at radius 3 is 1.83 bits per heavy atom. The summed E-state index contributed by atoms with van der Waals surface area (Å²) in [5.41, 5.74) is 1.26. The van der Waals surface area contributed by atoms with E-state index in [2.05, 4.69) is 52.8 Å². The molecule has 2 heteroatoms. The Bertz CT molecular complexity index is 602. The molecule has 0 saturated carbocycles. The van der Waals surface area contributed by atoms with Crippen molar-refractivity contribution in [2.45, 2.75) is 163 Å². The number of hydrogen-bond donors (Lipinski definition) is 0. The Balaban J connectivity index is 2.26. The molecule has 0 amide bonds. The van der Waals surface area contributed by atoms with Gasteiger partial charge in [-0.3, -0.25) is 4.79 Å². The van der Waals surface area contributed by atoms with Gasteiger partial charge in [-0.1, -0.05) is 161 Å². The number of carbonyl (C=O) groups excluding carboxylic acids is 1. The highest BCUT2D eigenvalue weighted by Crippen LogP contribution is 2.41. The zero-order valence-electron chi connectivity index (χ0n) is 25.1. The molecular formula is C34H62O2. The number of carbonyl (C=O) groups is 1. The van der Waals surface area contributed by atoms with Crippen LogP contribution in [-0.4, -0.2) is 12.6 Å². The number of rotatable bonds is 23. The van der Waals surface area contributed by atoms with E-state index >= 15 is 0 Å². The molecule has 2 unspecified atom stereocenters. The number of hydrogen-bond acceptors (Lipinski definition) is 2. The lowest BCUT2D eigenvalue weighted by Crippen LogP contribution is -2.34. The highest BCUT2D eigenvalue weighted by Gasteiger charge is 2.38. The van der Waals surface area contributed by atoms with Crippen molar-refractivity contribution in [1.82, 2.24) is 0 Å². The molecule has 2 atom stereocenters. The normalized spacial score (nSPS) is 18.4. The number of allylic oxidation sites excluding steroid dienone is 4. The fourth-order valence-electron chi connectivity index (χ4n) is 5.75. The smallest absolute Gasteiger partial charge is 0.309 e. The molecule has 1 aliphatic rings. The third-order valence-corrected chi connectivity index (χ3v) is 8.11. The molecule has 0 aromatic heterocycles. The van der Waals surface area contributed by atoms with Crippen molar-refractivity contribution in [2.24, 2.45) is 17.3 Å². The van der Waals surface area contributed by atoms with Crippen molar-refractivity contribution in [3.8, 4) is 0 Å². The summed E-state index contributed by atoms with van der Waals surface area (Å²) in [6.07, 6.45) is 32.3. The van der Waals surface area contributed by atoms with Gasteiger partial charge >= 0.3 is 5.97 Å². The lowest BCUT2D eigenvalue weighted by molar-refractivity contribution is -0.152. The third kappa shape index (κ3) is 15.9. The van der Waals surface area contributed by atoms with E-state index in [1.807, 2.05) is 0 Å². The van der Waals surface area contributed by atoms with Crippen molar-refractivity contribution in [2.75, 3.05) is 6.61 Å². The van der Waals surface area contributed by atoms with Crippen LogP contribution in [0.15, 0.2) is 23.8 Å². The van der Waals surface area contributed by atoms with Gasteiger partial charge in [0.1, 0.15) is 0 Å². The lowest BCUT2D eigenvalue weighted by Gasteiger charge is -2.36. The van der Waals surface area contributed by atoms with Crippen LogP contribution in [0.3, 0.4) is 0 Å². The van der Waals surface area contributed by atoms with Crippen LogP contribution in [0, 0.1) is 17.3 Å². The zero-order valence-corrected chi connectivity index (χ0v) is 25.1. The molecule has 36 heavy (non-hydrogen) atoms. The van der Waals surface area contributed by atoms with Crippen molar-refractivity contribution < 1.29 is 9.53 Å². The van der Waals surface area contributed by atoms with Crippen molar-refractivity contribution >= 4 is 5.97 Å². The first-order valence-corrected chi connectivity index (χ1v) is 15.9. The van der Waals surface area contributed by atoms with E-state index in [0.717, 1.165) is 38.0 Å². The molecule has 0 bridgehead atoms. The second-order valence-electron chi connectivity index (χ2n) is 12.4. The summed E-state index contributed by atoms with van der Waals surface area (Å²) in [5, 5.41) is 0. The summed E-state index contributed by atoms with van der Waals surface area (Å²) >= 11 is 0. The monoisotopic (exact) mass is 502 g/mol. The van der Waals surface area contributed by atoms with Gasteiger partial charge in [-0.05, 0) is 32.1 Å². The van der Waals surface area contributed by atoms with E-state index < -0.39 is 0 Å². The number of esters is 1. The Labute approximate surface area is 226 Å². The quantitative estimate of drug-likeness (QED) is 0.103. The van der Waals surface area contributed by atoms with E-state index in [4.69, 9.17) is 4.74 Å². The maximum absolute atomic E-state index is 13.2. The maximum Gasteiger partial charge on any atom is 0.309 e. The van der Waals surface area contributed by atoms with Gasteiger partial charge in [0.15, 0.2) is 0 Å². The predicted octanol–water partition coefficient (Wildman–Crippen LogP) is 11.1. The molecule has 0 aromatic rings. The van der Waals surface area contributed by atoms with Crippen LogP contribution in [0.1, 0.15) is 163 Å². The predicted molar refractivity (Wildman–Crippen MR) is 158 cm³/mol. The Morgan fingerprint density at radius 2 is 1.31 bits per heavy atom. The molecule has 0 spiro atoms. The average Bonchev–Trinajstić information content (AvgIpc) is 2.83. The maximum atomic E-state index is 13.2. The highest BCUT2D eigenvalue weighted by molar-refractivity contribution is 5.74. The largest absolute Gasteiger partial charge is 0.465 e. The fourth-order valence-corrected chi connectivity index (χ4v) is 5.75. The van der Waals surface area contributed by atoms with Crippen molar-refractivity contribution in [3.63, 3.8) is 0 Å². The third-order valence-electron chi connectivity index (χ3n) is 8.11. The van der Waals surface area contributed by atoms with Gasteiger partial charge in [-0.25, -0.2) is 0 Å². The van der Waals surface area contributed by atoms with E-state index in [9.17, 15) is 4.79 Å². The van der Waals surface area contributed by atoms with Crippen molar-refractivity contribution in [3.05, 3.63) is 23.8 Å². The van der Waals surface area contributed by atoms with Gasteiger partial charge in [0.25, 0.3) is 0 Å². The van der Waals surface area contributed by atoms with Gasteiger partial charge in [-0.2, -0.15) is 0 Å². The van der Waals surface area contributed by atoms with Gasteiger partial charge in [-0.15, -0.1) is 0 Å². The van der Waals surface area contributed by atoms with Crippen molar-refractivity contribution in [1.29, 1.82) is 0 Å². The molecule has 2 nitrogen and oxygen atoms in total. The minimum Gasteiger partial charge on any atom is -0.465 e. The standard InChI is InChI=1S/C34H62O2/c1-6-7-8-9-10-11-12-13-14-15-16-17-18-21-26-32(34(5)27-23-25-31(4)29-34)33(35)36-28-22-19-20-24-30(2)3/h23,25,27,30,32H,6-22,24,26,28-29H2,1-5H3. The summed E-state index contributed by atoms with van der Waals surface area (Å²) in [4.78, 5) is 13.2. The second-order valence-corrected chi connectivity index (χ2v) is 12.4. The molecule has 0 aliphatic heterocycles. The Morgan fingerprint density at radius 1 is 0.806 bits per heavy atom. The van der Waals surface area contributed by atoms with Gasteiger partial charge in [0, 0.05) is 5.41 Å². The first-order chi connectivity index (χ1) is 17.4. The molecule has 0 aromatic carbocycles. The van der Waals surface area contributed by atoms with E-state index in [1.54, 1.807) is 0 Å². The summed E-state index contributed by atoms with van der Waals surface area (Å²) in [6, 6.07) is 0. The molecule has 0 N–H and O–H groups in total. The van der Waals surface area contributed by atoms with Gasteiger partial charge in [0.05, 0.1) is 12.5 Å². The summed E-state index contributed by atoms with van der Waals surface area (Å²) in [7, 11) is 0. The minimum atomic E-state index is -0.107. The fraction of sp³-hybridized carbons (Fsp3) is 0.853. The number of unbranched alkanes of at least 4 members (excludes halogenated alkanes) is 15. The number of ether oxygens (including phenoxy) is 1. The van der Waals surface area contributed by atoms with Crippen LogP contribution in [-0.2, 0) is 9.53 Å². The first-order valence-electron chi connectivity index (χ1n) is 15.9. The molecular weight excluding hydrogens is 440 g/mol. The lowest BCUT2D eigenvalue weighted by atomic mass is 9.69. The van der Waals surface area contributed by atoms with Gasteiger partial charge < -0.3 is 4.74 Å². The molecule has 0 radical (unpaired) electrons. The molecule has 0 saturated heterocycles. The summed E-state index contributed by atoms with van der Waals surface area (Å²) in [5.74, 6) is 0.775. The van der Waals surface area contributed by atoms with Crippen LogP contribution >= 0.6 is 0 Å². The summed E-state index contributed by atoms with van der Waals surface area (Å²) < 4.78 is 5.84. The van der Waals surface area contributed by atoms with E-state index in [1.165, 1.54) is 102 Å². The molecule has 0 heterocycles. The molecule has 1 rings (SSSR count). The topological polar surface area (TPSA) is 26.3 Å². The Hall–Kier alpha value is -1.05. The molecule has 210 valence electrons. The van der Waals surface area contributed by atoms with E-state index in [-0.39, 0.29) is 17.3 Å². The summed E-state index contributed by atoms with van der Waals surface area (Å²) in [6.45, 7) is 11.9. The zero-order chi connectivity index (χ0) is 26.5. The van der Waals surface area contributed by atoms with Crippen LogP contribution in [0.2, 0.25) is 0 Å². The minimum absolute atomic E-state index is 0.0228. The van der Waals surface area contributed by atoms with Crippen LogP contribution in [0.5, 0.6) is 0 Å². The van der Waals surface area contributed by atoms with Crippen LogP contribution < -0.4 is 0 Å². The average molecular weight is 503 g/mol. The van der Waals surface area contributed by atoms with Crippen LogP contribution in [0.25, 0.3) is 0 Å². The van der Waals surface area contributed by atoms with Gasteiger partial charge in [0.2, 0.25) is 0 Å². The SMILES string of the molecule is CCCCCCCCCCCCCCCCC(C(=O)OCCCCCC(C)C)C1(C)C=CC=C(C)C1. The molecule has 0 fully saturated rings. The highest BCUT2D eigenvalue weighted by atomic mass is 16.5. The van der Waals surface area contributed by atoms with Crippen LogP contribution in [0.4, 0.5) is 0 Å². The van der Waals surface area contributed by atoms with E-state index in [0.29, 0.717) is 6.61 Å². The molecule has 1 aliphatic carbocycles. The second kappa shape index (κ2) is 20.9.